The summed E-state index contributed by atoms with van der Waals surface area (Å²) in [6, 6.07) is 6.21. The van der Waals surface area contributed by atoms with Crippen LogP contribution in [0.4, 0.5) is 13.2 Å². The minimum atomic E-state index is -4.60. The van der Waals surface area contributed by atoms with Crippen LogP contribution >= 0.6 is 0 Å². The van der Waals surface area contributed by atoms with E-state index in [1.54, 1.807) is 6.07 Å². The molecule has 1 saturated carbocycles. The van der Waals surface area contributed by atoms with Gasteiger partial charge in [0, 0.05) is 0 Å². The highest BCUT2D eigenvalue weighted by Crippen LogP contribution is 2.41. The SMILES string of the molecule is FC(F)(F)Oc1cccc(C2CC2)c1. The van der Waals surface area contributed by atoms with E-state index in [0.29, 0.717) is 5.92 Å². The summed E-state index contributed by atoms with van der Waals surface area (Å²) in [7, 11) is 0. The Balaban J connectivity index is 2.13. The van der Waals surface area contributed by atoms with Crippen molar-refractivity contribution in [1.29, 1.82) is 0 Å². The monoisotopic (exact) mass is 202 g/mol. The van der Waals surface area contributed by atoms with Crippen LogP contribution in [0.15, 0.2) is 24.3 Å². The summed E-state index contributed by atoms with van der Waals surface area (Å²) in [5.74, 6) is 0.314. The van der Waals surface area contributed by atoms with Gasteiger partial charge >= 0.3 is 6.36 Å². The fraction of sp³-hybridized carbons (Fsp3) is 0.400. The van der Waals surface area contributed by atoms with E-state index in [1.807, 2.05) is 6.07 Å². The third-order valence-corrected chi connectivity index (χ3v) is 2.14. The zero-order chi connectivity index (χ0) is 10.2. The van der Waals surface area contributed by atoms with Crippen LogP contribution < -0.4 is 4.74 Å². The minimum Gasteiger partial charge on any atom is -0.406 e. The molecular formula is C10H9F3O. The van der Waals surface area contributed by atoms with Crippen LogP contribution in [0.5, 0.6) is 5.75 Å². The molecule has 0 amide bonds. The smallest absolute Gasteiger partial charge is 0.406 e. The van der Waals surface area contributed by atoms with E-state index >= 15 is 0 Å². The van der Waals surface area contributed by atoms with Crippen LogP contribution in [0, 0.1) is 0 Å². The Morgan fingerprint density at radius 3 is 2.50 bits per heavy atom. The van der Waals surface area contributed by atoms with Gasteiger partial charge in [-0.05, 0) is 36.5 Å². The topological polar surface area (TPSA) is 9.23 Å². The second kappa shape index (κ2) is 3.19. The molecule has 1 aromatic rings. The van der Waals surface area contributed by atoms with E-state index in [1.165, 1.54) is 12.1 Å². The summed E-state index contributed by atoms with van der Waals surface area (Å²) >= 11 is 0. The molecule has 76 valence electrons. The highest BCUT2D eigenvalue weighted by Gasteiger charge is 2.31. The zero-order valence-electron chi connectivity index (χ0n) is 7.34. The van der Waals surface area contributed by atoms with Gasteiger partial charge in [-0.3, -0.25) is 0 Å². The fourth-order valence-electron chi connectivity index (χ4n) is 1.38. The largest absolute Gasteiger partial charge is 0.573 e. The number of alkyl halides is 3. The molecule has 0 saturated heterocycles. The Labute approximate surface area is 79.5 Å². The molecule has 0 radical (unpaired) electrons. The van der Waals surface area contributed by atoms with Crippen molar-refractivity contribution in [2.45, 2.75) is 25.1 Å². The summed E-state index contributed by atoms with van der Waals surface area (Å²) in [5.41, 5.74) is 0.937. The molecule has 0 aromatic heterocycles. The molecule has 14 heavy (non-hydrogen) atoms. The summed E-state index contributed by atoms with van der Waals surface area (Å²) in [5, 5.41) is 0. The predicted octanol–water partition coefficient (Wildman–Crippen LogP) is 3.46. The van der Waals surface area contributed by atoms with Crippen molar-refractivity contribution in [3.05, 3.63) is 29.8 Å². The van der Waals surface area contributed by atoms with Crippen molar-refractivity contribution in [2.75, 3.05) is 0 Å². The first kappa shape index (κ1) is 9.37. The Kier molecular flexibility index (Phi) is 2.13. The Morgan fingerprint density at radius 1 is 1.21 bits per heavy atom. The van der Waals surface area contributed by atoms with E-state index in [-0.39, 0.29) is 5.75 Å². The highest BCUT2D eigenvalue weighted by atomic mass is 19.4. The maximum absolute atomic E-state index is 11.9. The first-order valence-electron chi connectivity index (χ1n) is 4.40. The quantitative estimate of drug-likeness (QED) is 0.713. The fourth-order valence-corrected chi connectivity index (χ4v) is 1.38. The van der Waals surface area contributed by atoms with Crippen LogP contribution in [0.1, 0.15) is 24.3 Å². The number of halogens is 3. The van der Waals surface area contributed by atoms with E-state index in [2.05, 4.69) is 4.74 Å². The average molecular weight is 202 g/mol. The summed E-state index contributed by atoms with van der Waals surface area (Å²) in [6.07, 6.45) is -2.47. The number of ether oxygens (including phenoxy) is 1. The maximum Gasteiger partial charge on any atom is 0.573 e. The molecule has 1 aromatic carbocycles. The van der Waals surface area contributed by atoms with Crippen LogP contribution in [0.3, 0.4) is 0 Å². The first-order chi connectivity index (χ1) is 6.54. The van der Waals surface area contributed by atoms with Gasteiger partial charge in [-0.15, -0.1) is 13.2 Å². The molecule has 0 heterocycles. The van der Waals surface area contributed by atoms with E-state index in [4.69, 9.17) is 0 Å². The molecule has 1 fully saturated rings. The van der Waals surface area contributed by atoms with Gasteiger partial charge in [0.15, 0.2) is 0 Å². The number of benzene rings is 1. The van der Waals surface area contributed by atoms with Gasteiger partial charge in [-0.2, -0.15) is 0 Å². The number of hydrogen-bond acceptors (Lipinski definition) is 1. The molecule has 4 heteroatoms. The van der Waals surface area contributed by atoms with Gasteiger partial charge < -0.3 is 4.74 Å². The Hall–Kier alpha value is -1.19. The van der Waals surface area contributed by atoms with Gasteiger partial charge in [0.05, 0.1) is 0 Å². The normalized spacial score (nSPS) is 16.8. The van der Waals surface area contributed by atoms with Gasteiger partial charge in [-0.1, -0.05) is 12.1 Å². The first-order valence-corrected chi connectivity index (χ1v) is 4.40. The molecule has 0 aliphatic heterocycles. The molecule has 0 N–H and O–H groups in total. The van der Waals surface area contributed by atoms with Gasteiger partial charge in [-0.25, -0.2) is 0 Å². The van der Waals surface area contributed by atoms with Crippen molar-refractivity contribution in [2.24, 2.45) is 0 Å². The van der Waals surface area contributed by atoms with Crippen LogP contribution in [-0.4, -0.2) is 6.36 Å². The predicted molar refractivity (Wildman–Crippen MR) is 45.1 cm³/mol. The van der Waals surface area contributed by atoms with Crippen molar-refractivity contribution >= 4 is 0 Å². The van der Waals surface area contributed by atoms with Crippen molar-refractivity contribution in [3.63, 3.8) is 0 Å². The maximum atomic E-state index is 11.9. The Bertz CT molecular complexity index is 328. The lowest BCUT2D eigenvalue weighted by atomic mass is 10.1. The van der Waals surface area contributed by atoms with Gasteiger partial charge in [0.2, 0.25) is 0 Å². The van der Waals surface area contributed by atoms with Crippen LogP contribution in [0.25, 0.3) is 0 Å². The molecule has 2 rings (SSSR count). The van der Waals surface area contributed by atoms with E-state index < -0.39 is 6.36 Å². The molecule has 1 aliphatic carbocycles. The molecular weight excluding hydrogens is 193 g/mol. The van der Waals surface area contributed by atoms with Crippen molar-refractivity contribution in [1.82, 2.24) is 0 Å². The van der Waals surface area contributed by atoms with Crippen molar-refractivity contribution < 1.29 is 17.9 Å². The lowest BCUT2D eigenvalue weighted by Gasteiger charge is -2.09. The highest BCUT2D eigenvalue weighted by molar-refractivity contribution is 5.32. The second-order valence-electron chi connectivity index (χ2n) is 3.39. The third-order valence-electron chi connectivity index (χ3n) is 2.14. The van der Waals surface area contributed by atoms with E-state index in [9.17, 15) is 13.2 Å². The molecule has 1 aliphatic rings. The second-order valence-corrected chi connectivity index (χ2v) is 3.39. The lowest BCUT2D eigenvalue weighted by molar-refractivity contribution is -0.274. The van der Waals surface area contributed by atoms with Gasteiger partial charge in [0.1, 0.15) is 5.75 Å². The van der Waals surface area contributed by atoms with Crippen molar-refractivity contribution in [3.8, 4) is 5.75 Å². The number of hydrogen-bond donors (Lipinski definition) is 0. The Morgan fingerprint density at radius 2 is 1.93 bits per heavy atom. The van der Waals surface area contributed by atoms with Gasteiger partial charge in [0.25, 0.3) is 0 Å². The van der Waals surface area contributed by atoms with E-state index in [0.717, 1.165) is 18.4 Å². The van der Waals surface area contributed by atoms with Crippen LogP contribution in [0.2, 0.25) is 0 Å². The molecule has 0 atom stereocenters. The average Bonchev–Trinajstić information content (AvgIpc) is 2.83. The zero-order valence-corrected chi connectivity index (χ0v) is 7.34. The molecule has 0 spiro atoms. The summed E-state index contributed by atoms with van der Waals surface area (Å²) < 4.78 is 39.4. The molecule has 1 nitrogen and oxygen atoms in total. The minimum absolute atomic E-state index is 0.123. The van der Waals surface area contributed by atoms with Crippen LogP contribution in [-0.2, 0) is 0 Å². The summed E-state index contributed by atoms with van der Waals surface area (Å²) in [6.45, 7) is 0. The summed E-state index contributed by atoms with van der Waals surface area (Å²) in [4.78, 5) is 0. The molecule has 0 bridgehead atoms. The third kappa shape index (κ3) is 2.40. The lowest BCUT2D eigenvalue weighted by Crippen LogP contribution is -2.17. The standard InChI is InChI=1S/C10H9F3O/c11-10(12,13)14-9-3-1-2-8(6-9)7-4-5-7/h1-3,6-7H,4-5H2. The number of rotatable bonds is 2. The molecule has 0 unspecified atom stereocenters.